The van der Waals surface area contributed by atoms with E-state index in [-0.39, 0.29) is 11.3 Å². The average Bonchev–Trinajstić information content (AvgIpc) is 3.08. The van der Waals surface area contributed by atoms with Gasteiger partial charge in [-0.1, -0.05) is 13.8 Å². The zero-order valence-electron chi connectivity index (χ0n) is 16.1. The fraction of sp³-hybridized carbons (Fsp3) is 0.368. The molecule has 9 nitrogen and oxygen atoms in total. The Morgan fingerprint density at radius 2 is 1.82 bits per heavy atom. The van der Waals surface area contributed by atoms with E-state index in [1.165, 1.54) is 30.1 Å². The Hall–Kier alpha value is -3.20. The van der Waals surface area contributed by atoms with Crippen LogP contribution in [0.15, 0.2) is 30.5 Å². The van der Waals surface area contributed by atoms with Crippen molar-refractivity contribution in [3.8, 4) is 0 Å². The van der Waals surface area contributed by atoms with E-state index in [9.17, 15) is 14.4 Å². The molecule has 150 valence electrons. The van der Waals surface area contributed by atoms with Crippen molar-refractivity contribution >= 4 is 23.5 Å². The molecule has 0 unspecified atom stereocenters. The van der Waals surface area contributed by atoms with E-state index in [1.807, 2.05) is 13.8 Å². The van der Waals surface area contributed by atoms with Gasteiger partial charge in [-0.3, -0.25) is 9.48 Å². The van der Waals surface area contributed by atoms with Crippen molar-refractivity contribution in [1.82, 2.24) is 14.7 Å². The van der Waals surface area contributed by atoms with Crippen LogP contribution in [0.3, 0.4) is 0 Å². The Labute approximate surface area is 162 Å². The largest absolute Gasteiger partial charge is 0.476 e. The van der Waals surface area contributed by atoms with Crippen molar-refractivity contribution < 1.29 is 24.2 Å². The number of hydrogen-bond donors (Lipinski definition) is 2. The van der Waals surface area contributed by atoms with Crippen LogP contribution in [0.5, 0.6) is 0 Å². The summed E-state index contributed by atoms with van der Waals surface area (Å²) in [5.74, 6) is -2.32. The van der Waals surface area contributed by atoms with E-state index in [4.69, 9.17) is 9.84 Å². The van der Waals surface area contributed by atoms with Crippen LogP contribution in [0.25, 0.3) is 0 Å². The molecule has 0 saturated carbocycles. The summed E-state index contributed by atoms with van der Waals surface area (Å²) in [4.78, 5) is 37.7. The second-order valence-corrected chi connectivity index (χ2v) is 6.06. The Morgan fingerprint density at radius 3 is 2.39 bits per heavy atom. The highest BCUT2D eigenvalue weighted by atomic mass is 16.5. The third kappa shape index (κ3) is 5.40. The fourth-order valence-electron chi connectivity index (χ4n) is 2.59. The summed E-state index contributed by atoms with van der Waals surface area (Å²) < 4.78 is 6.51. The van der Waals surface area contributed by atoms with Crippen LogP contribution in [0, 0.1) is 0 Å². The van der Waals surface area contributed by atoms with Crippen LogP contribution < -0.4 is 5.32 Å². The van der Waals surface area contributed by atoms with Gasteiger partial charge in [0.25, 0.3) is 5.91 Å². The Morgan fingerprint density at radius 1 is 1.18 bits per heavy atom. The summed E-state index contributed by atoms with van der Waals surface area (Å²) in [6, 6.07) is 6.18. The maximum absolute atomic E-state index is 12.3. The van der Waals surface area contributed by atoms with E-state index in [0.717, 1.165) is 13.1 Å². The first-order valence-corrected chi connectivity index (χ1v) is 8.93. The fourth-order valence-corrected chi connectivity index (χ4v) is 2.59. The molecule has 2 N–H and O–H groups in total. The van der Waals surface area contributed by atoms with Crippen LogP contribution in [0.1, 0.15) is 45.1 Å². The number of hydrogen-bond acceptors (Lipinski definition) is 6. The molecule has 2 aromatic rings. The molecule has 9 heteroatoms. The molecule has 1 heterocycles. The van der Waals surface area contributed by atoms with Crippen LogP contribution >= 0.6 is 0 Å². The molecule has 0 aliphatic heterocycles. The summed E-state index contributed by atoms with van der Waals surface area (Å²) in [6.45, 7) is 6.85. The Kier molecular flexibility index (Phi) is 7.28. The third-order valence-corrected chi connectivity index (χ3v) is 4.19. The molecule has 1 aromatic carbocycles. The van der Waals surface area contributed by atoms with Crippen molar-refractivity contribution in [3.05, 3.63) is 47.3 Å². The van der Waals surface area contributed by atoms with Gasteiger partial charge in [-0.15, -0.1) is 0 Å². The Bertz CT molecular complexity index is 841. The molecule has 0 fully saturated rings. The average molecular weight is 388 g/mol. The van der Waals surface area contributed by atoms with Crippen LogP contribution in [0.2, 0.25) is 0 Å². The van der Waals surface area contributed by atoms with Gasteiger partial charge in [0.05, 0.1) is 11.1 Å². The molecule has 0 atom stereocenters. The lowest BCUT2D eigenvalue weighted by Gasteiger charge is -2.17. The summed E-state index contributed by atoms with van der Waals surface area (Å²) in [5.41, 5.74) is 0.415. The van der Waals surface area contributed by atoms with Gasteiger partial charge in [0.1, 0.15) is 6.61 Å². The monoisotopic (exact) mass is 388 g/mol. The molecule has 0 radical (unpaired) electrons. The standard InChI is InChI=1S/C19H24N4O5/c1-4-23(5-2)10-11-28-19(27)13-6-8-14(9-7-13)20-17(24)15-12-22(3)21-16(15)18(25)26/h6-9,12H,4-5,10-11H2,1-3H3,(H,20,24)(H,25,26). The maximum Gasteiger partial charge on any atom is 0.357 e. The first-order valence-electron chi connectivity index (χ1n) is 8.93. The number of carbonyl (C=O) groups is 3. The van der Waals surface area contributed by atoms with Crippen LogP contribution in [0.4, 0.5) is 5.69 Å². The number of aryl methyl sites for hydroxylation is 1. The molecule has 1 aromatic heterocycles. The van der Waals surface area contributed by atoms with Gasteiger partial charge >= 0.3 is 11.9 Å². The van der Waals surface area contributed by atoms with E-state index in [2.05, 4.69) is 15.3 Å². The highest BCUT2D eigenvalue weighted by Gasteiger charge is 2.21. The number of nitrogens with one attached hydrogen (secondary N) is 1. The molecule has 0 bridgehead atoms. The number of amides is 1. The number of aromatic nitrogens is 2. The molecular weight excluding hydrogens is 364 g/mol. The molecule has 0 spiro atoms. The number of ether oxygens (including phenoxy) is 1. The van der Waals surface area contributed by atoms with Crippen molar-refractivity contribution in [3.63, 3.8) is 0 Å². The van der Waals surface area contributed by atoms with Gasteiger partial charge in [0, 0.05) is 25.5 Å². The Balaban J connectivity index is 1.96. The minimum Gasteiger partial charge on any atom is -0.476 e. The van der Waals surface area contributed by atoms with E-state index in [0.29, 0.717) is 24.4 Å². The lowest BCUT2D eigenvalue weighted by atomic mass is 10.2. The van der Waals surface area contributed by atoms with Gasteiger partial charge in [-0.25, -0.2) is 9.59 Å². The molecule has 28 heavy (non-hydrogen) atoms. The molecular formula is C19H24N4O5. The normalized spacial score (nSPS) is 10.7. The minimum atomic E-state index is -1.28. The van der Waals surface area contributed by atoms with Gasteiger partial charge in [-0.2, -0.15) is 5.10 Å². The number of carboxylic acid groups (broad SMARTS) is 1. The number of benzene rings is 1. The number of anilines is 1. The van der Waals surface area contributed by atoms with E-state index >= 15 is 0 Å². The minimum absolute atomic E-state index is 0.0464. The second kappa shape index (κ2) is 9.65. The van der Waals surface area contributed by atoms with Gasteiger partial charge < -0.3 is 20.1 Å². The number of esters is 1. The van der Waals surface area contributed by atoms with Crippen molar-refractivity contribution in [2.24, 2.45) is 7.05 Å². The number of aromatic carboxylic acids is 1. The van der Waals surface area contributed by atoms with E-state index in [1.54, 1.807) is 12.1 Å². The molecule has 1 amide bonds. The topological polar surface area (TPSA) is 114 Å². The second-order valence-electron chi connectivity index (χ2n) is 6.06. The van der Waals surface area contributed by atoms with E-state index < -0.39 is 17.8 Å². The van der Waals surface area contributed by atoms with Crippen molar-refractivity contribution in [1.29, 1.82) is 0 Å². The highest BCUT2D eigenvalue weighted by molar-refractivity contribution is 6.09. The van der Waals surface area contributed by atoms with Crippen molar-refractivity contribution in [2.45, 2.75) is 13.8 Å². The molecule has 0 aliphatic carbocycles. The lowest BCUT2D eigenvalue weighted by Crippen LogP contribution is -2.27. The smallest absolute Gasteiger partial charge is 0.357 e. The van der Waals surface area contributed by atoms with Crippen LogP contribution in [-0.4, -0.2) is 63.9 Å². The predicted molar refractivity (Wildman–Crippen MR) is 103 cm³/mol. The zero-order chi connectivity index (χ0) is 20.7. The first-order chi connectivity index (χ1) is 13.3. The van der Waals surface area contributed by atoms with Crippen molar-refractivity contribution in [2.75, 3.05) is 31.6 Å². The zero-order valence-corrected chi connectivity index (χ0v) is 16.1. The maximum atomic E-state index is 12.3. The first kappa shape index (κ1) is 21.1. The third-order valence-electron chi connectivity index (χ3n) is 4.19. The SMILES string of the molecule is CCN(CC)CCOC(=O)c1ccc(NC(=O)c2cn(C)nc2C(=O)O)cc1. The number of carboxylic acids is 1. The molecule has 0 saturated heterocycles. The number of carbonyl (C=O) groups excluding carboxylic acids is 2. The predicted octanol–water partition coefficient (Wildman–Crippen LogP) is 1.87. The quantitative estimate of drug-likeness (QED) is 0.630. The molecule has 0 aliphatic rings. The van der Waals surface area contributed by atoms with Gasteiger partial charge in [0.2, 0.25) is 0 Å². The van der Waals surface area contributed by atoms with Crippen LogP contribution in [-0.2, 0) is 11.8 Å². The number of nitrogens with zero attached hydrogens (tertiary/aromatic N) is 3. The number of rotatable bonds is 9. The summed E-state index contributed by atoms with van der Waals surface area (Å²) in [7, 11) is 1.53. The number of likely N-dealkylation sites (N-methyl/N-ethyl adjacent to an activating group) is 1. The summed E-state index contributed by atoms with van der Waals surface area (Å²) in [5, 5.41) is 15.5. The highest BCUT2D eigenvalue weighted by Crippen LogP contribution is 2.14. The van der Waals surface area contributed by atoms with Gasteiger partial charge in [0.15, 0.2) is 5.69 Å². The summed E-state index contributed by atoms with van der Waals surface area (Å²) >= 11 is 0. The summed E-state index contributed by atoms with van der Waals surface area (Å²) in [6.07, 6.45) is 1.33. The van der Waals surface area contributed by atoms with Gasteiger partial charge in [-0.05, 0) is 37.4 Å². The lowest BCUT2D eigenvalue weighted by molar-refractivity contribution is 0.0466. The molecule has 2 rings (SSSR count).